The first-order valence-corrected chi connectivity index (χ1v) is 11.3. The number of hydrogen-bond acceptors (Lipinski definition) is 6. The Bertz CT molecular complexity index is 1490. The molecular formula is C22H16BrF3N6O2. The lowest BCUT2D eigenvalue weighted by molar-refractivity contribution is -0.137. The monoisotopic (exact) mass is 532 g/mol. The van der Waals surface area contributed by atoms with Crippen LogP contribution in [0.3, 0.4) is 0 Å². The van der Waals surface area contributed by atoms with E-state index in [2.05, 4.69) is 30.9 Å². The summed E-state index contributed by atoms with van der Waals surface area (Å²) in [6.45, 7) is 0.440. The molecule has 0 unspecified atom stereocenters. The normalized spacial score (nSPS) is 19.8. The zero-order valence-electron chi connectivity index (χ0n) is 17.4. The Morgan fingerprint density at radius 3 is 2.85 bits per heavy atom. The number of halogens is 4. The van der Waals surface area contributed by atoms with E-state index in [0.717, 1.165) is 12.1 Å². The predicted molar refractivity (Wildman–Crippen MR) is 119 cm³/mol. The molecule has 0 spiro atoms. The van der Waals surface area contributed by atoms with Crippen LogP contribution in [0.15, 0.2) is 41.4 Å². The molecule has 0 radical (unpaired) electrons. The summed E-state index contributed by atoms with van der Waals surface area (Å²) in [4.78, 5) is 28.1. The van der Waals surface area contributed by atoms with Crippen molar-refractivity contribution in [1.29, 1.82) is 0 Å². The highest BCUT2D eigenvalue weighted by Crippen LogP contribution is 2.46. The van der Waals surface area contributed by atoms with E-state index in [1.54, 1.807) is 21.7 Å². The molecule has 2 aliphatic rings. The highest BCUT2D eigenvalue weighted by molar-refractivity contribution is 9.10. The fourth-order valence-electron chi connectivity index (χ4n) is 4.80. The SMILES string of the molecule is Nc1nc2cnc(C(=O)N3CCC[C@@H]4Oc5cc(C(F)(F)F)ccc5[C@@H]43)cc2n2cnc(Br)c12. The van der Waals surface area contributed by atoms with Gasteiger partial charge in [-0.1, -0.05) is 6.07 Å². The Morgan fingerprint density at radius 1 is 1.24 bits per heavy atom. The van der Waals surface area contributed by atoms with E-state index in [4.69, 9.17) is 10.5 Å². The quantitative estimate of drug-likeness (QED) is 0.390. The van der Waals surface area contributed by atoms with Crippen LogP contribution in [0.1, 0.15) is 40.5 Å². The lowest BCUT2D eigenvalue weighted by Gasteiger charge is -2.36. The second kappa shape index (κ2) is 7.29. The number of carbonyl (C=O) groups is 1. The van der Waals surface area contributed by atoms with Gasteiger partial charge in [0.05, 0.1) is 23.3 Å². The number of amides is 1. The molecule has 174 valence electrons. The summed E-state index contributed by atoms with van der Waals surface area (Å²) in [5, 5.41) is 0. The summed E-state index contributed by atoms with van der Waals surface area (Å²) >= 11 is 3.35. The third-order valence-electron chi connectivity index (χ3n) is 6.32. The second-order valence-electron chi connectivity index (χ2n) is 8.30. The topological polar surface area (TPSA) is 98.6 Å². The fraction of sp³-hybridized carbons (Fsp3) is 0.273. The summed E-state index contributed by atoms with van der Waals surface area (Å²) in [6, 6.07) is 4.58. The van der Waals surface area contributed by atoms with Crippen molar-refractivity contribution < 1.29 is 22.7 Å². The summed E-state index contributed by atoms with van der Waals surface area (Å²) in [5.74, 6) is 0.104. The Hall–Kier alpha value is -3.41. The van der Waals surface area contributed by atoms with Crippen LogP contribution in [0, 0.1) is 0 Å². The molecule has 0 saturated carbocycles. The number of alkyl halides is 3. The number of hydrogen-bond donors (Lipinski definition) is 1. The first-order valence-electron chi connectivity index (χ1n) is 10.5. The molecule has 0 aliphatic carbocycles. The number of rotatable bonds is 1. The van der Waals surface area contributed by atoms with E-state index in [9.17, 15) is 18.0 Å². The summed E-state index contributed by atoms with van der Waals surface area (Å²) < 4.78 is 47.6. The van der Waals surface area contributed by atoms with Crippen molar-refractivity contribution in [2.45, 2.75) is 31.2 Å². The number of fused-ring (bicyclic) bond motifs is 6. The van der Waals surface area contributed by atoms with Crippen LogP contribution in [0.2, 0.25) is 0 Å². The van der Waals surface area contributed by atoms with E-state index < -0.39 is 23.9 Å². The number of pyridine rings is 1. The zero-order valence-corrected chi connectivity index (χ0v) is 19.0. The van der Waals surface area contributed by atoms with Crippen molar-refractivity contribution in [2.24, 2.45) is 0 Å². The molecule has 4 aromatic rings. The summed E-state index contributed by atoms with van der Waals surface area (Å²) in [6.07, 6.45) is -0.525. The van der Waals surface area contributed by atoms with Gasteiger partial charge < -0.3 is 15.4 Å². The average Bonchev–Trinajstić information content (AvgIpc) is 3.38. The number of carbonyl (C=O) groups excluding carboxylic acids is 1. The van der Waals surface area contributed by atoms with Crippen LogP contribution in [0.25, 0.3) is 16.6 Å². The van der Waals surface area contributed by atoms with Crippen LogP contribution in [0.4, 0.5) is 19.0 Å². The van der Waals surface area contributed by atoms with Gasteiger partial charge in [-0.3, -0.25) is 9.20 Å². The molecule has 12 heteroatoms. The van der Waals surface area contributed by atoms with Gasteiger partial charge in [-0.2, -0.15) is 13.2 Å². The molecule has 5 heterocycles. The maximum absolute atomic E-state index is 13.6. The highest BCUT2D eigenvalue weighted by Gasteiger charge is 2.44. The van der Waals surface area contributed by atoms with Gasteiger partial charge in [-0.25, -0.2) is 15.0 Å². The van der Waals surface area contributed by atoms with E-state index in [0.29, 0.717) is 46.1 Å². The van der Waals surface area contributed by atoms with Crippen molar-refractivity contribution in [2.75, 3.05) is 12.3 Å². The van der Waals surface area contributed by atoms with E-state index in [1.165, 1.54) is 12.3 Å². The lowest BCUT2D eigenvalue weighted by Crippen LogP contribution is -2.44. The van der Waals surface area contributed by atoms with Gasteiger partial charge in [0.25, 0.3) is 5.91 Å². The maximum atomic E-state index is 13.6. The number of imidazole rings is 1. The number of benzene rings is 1. The molecule has 6 rings (SSSR count). The van der Waals surface area contributed by atoms with E-state index in [-0.39, 0.29) is 23.2 Å². The summed E-state index contributed by atoms with van der Waals surface area (Å²) in [5.41, 5.74) is 7.69. The Morgan fingerprint density at radius 2 is 2.06 bits per heavy atom. The van der Waals surface area contributed by atoms with Gasteiger partial charge >= 0.3 is 6.18 Å². The molecular weight excluding hydrogens is 517 g/mol. The average molecular weight is 533 g/mol. The number of aromatic nitrogens is 4. The predicted octanol–water partition coefficient (Wildman–Crippen LogP) is 4.38. The van der Waals surface area contributed by atoms with E-state index >= 15 is 0 Å². The van der Waals surface area contributed by atoms with Crippen molar-refractivity contribution in [3.63, 3.8) is 0 Å². The van der Waals surface area contributed by atoms with Crippen LogP contribution in [-0.4, -0.2) is 42.8 Å². The molecule has 0 bridgehead atoms. The molecule has 1 saturated heterocycles. The molecule has 3 aromatic heterocycles. The van der Waals surface area contributed by atoms with Crippen molar-refractivity contribution in [3.05, 3.63) is 58.2 Å². The van der Waals surface area contributed by atoms with Gasteiger partial charge in [0, 0.05) is 12.1 Å². The van der Waals surface area contributed by atoms with Crippen molar-refractivity contribution in [1.82, 2.24) is 24.3 Å². The number of nitrogen functional groups attached to an aromatic ring is 1. The van der Waals surface area contributed by atoms with Gasteiger partial charge in [-0.05, 0) is 47.0 Å². The van der Waals surface area contributed by atoms with Gasteiger partial charge in [0.2, 0.25) is 0 Å². The minimum Gasteiger partial charge on any atom is -0.488 e. The van der Waals surface area contributed by atoms with Crippen molar-refractivity contribution >= 4 is 44.2 Å². The van der Waals surface area contributed by atoms with Gasteiger partial charge in [0.1, 0.15) is 39.5 Å². The fourth-order valence-corrected chi connectivity index (χ4v) is 5.29. The highest BCUT2D eigenvalue weighted by atomic mass is 79.9. The smallest absolute Gasteiger partial charge is 0.416 e. The second-order valence-corrected chi connectivity index (χ2v) is 9.05. The Kier molecular flexibility index (Phi) is 4.54. The Balaban J connectivity index is 1.40. The zero-order chi connectivity index (χ0) is 23.8. The van der Waals surface area contributed by atoms with E-state index in [1.807, 2.05) is 0 Å². The minimum atomic E-state index is -4.47. The van der Waals surface area contributed by atoms with Gasteiger partial charge in [-0.15, -0.1) is 0 Å². The summed E-state index contributed by atoms with van der Waals surface area (Å²) in [7, 11) is 0. The number of nitrogens with two attached hydrogens (primary N) is 1. The Labute approximate surface area is 198 Å². The largest absolute Gasteiger partial charge is 0.488 e. The lowest BCUT2D eigenvalue weighted by atomic mass is 9.93. The third-order valence-corrected chi connectivity index (χ3v) is 6.90. The third kappa shape index (κ3) is 3.11. The van der Waals surface area contributed by atoms with Crippen LogP contribution < -0.4 is 10.5 Å². The molecule has 1 fully saturated rings. The minimum absolute atomic E-state index is 0.167. The maximum Gasteiger partial charge on any atom is 0.416 e. The number of ether oxygens (including phenoxy) is 1. The molecule has 8 nitrogen and oxygen atoms in total. The number of piperidine rings is 1. The van der Waals surface area contributed by atoms with Gasteiger partial charge in [0.15, 0.2) is 5.82 Å². The molecule has 1 aromatic carbocycles. The number of nitrogens with zero attached hydrogens (tertiary/aromatic N) is 5. The first kappa shape index (κ1) is 21.1. The standard InChI is InChI=1S/C22H16BrF3N6O2/c23-19-18-20(27)30-13-8-28-12(7-14(13)32(18)9-29-19)21(33)31-5-1-2-15-17(31)11-4-3-10(22(24,25)26)6-16(11)34-15/h3-4,6-9,15,17H,1-2,5H2,(H2,27,30)/t15-,17-/m0/s1. The van der Waals surface area contributed by atoms with Crippen molar-refractivity contribution in [3.8, 4) is 5.75 Å². The number of likely N-dealkylation sites (tertiary alicyclic amines) is 1. The molecule has 1 amide bonds. The first-order chi connectivity index (χ1) is 16.2. The van der Waals surface area contributed by atoms with Crippen LogP contribution in [0.5, 0.6) is 5.75 Å². The molecule has 2 atom stereocenters. The van der Waals surface area contributed by atoms with Crippen LogP contribution >= 0.6 is 15.9 Å². The molecule has 34 heavy (non-hydrogen) atoms. The van der Waals surface area contributed by atoms with Crippen LogP contribution in [-0.2, 0) is 6.18 Å². The molecule has 2 N–H and O–H groups in total. The molecule has 2 aliphatic heterocycles. The number of anilines is 1.